The number of carboxylic acid groups (broad SMARTS) is 1. The third-order valence-corrected chi connectivity index (χ3v) is 8.99. The standard InChI is InChI=1S/C31H32O5/c1-17-24-6-4-22(11-26(24)29(36-18(2)32)13-25(17)30(33)34)23-5-7-28(35-3)27(12-23)31-14-19-8-20(15-31)10-21(9-19)16-31/h4-7,11-13,19-21H,8-10,14-16H2,1-3H3,(H,33,34). The van der Waals surface area contributed by atoms with Crippen LogP contribution in [0.3, 0.4) is 0 Å². The highest BCUT2D eigenvalue weighted by Crippen LogP contribution is 2.62. The van der Waals surface area contributed by atoms with Crippen molar-refractivity contribution in [1.82, 2.24) is 0 Å². The number of carboxylic acids is 1. The Morgan fingerprint density at radius 2 is 1.47 bits per heavy atom. The van der Waals surface area contributed by atoms with Crippen LogP contribution in [0.1, 0.15) is 66.9 Å². The average Bonchev–Trinajstić information content (AvgIpc) is 2.84. The van der Waals surface area contributed by atoms with Gasteiger partial charge in [0.15, 0.2) is 0 Å². The van der Waals surface area contributed by atoms with Crippen molar-refractivity contribution < 1.29 is 24.2 Å². The van der Waals surface area contributed by atoms with Gasteiger partial charge in [-0.25, -0.2) is 4.79 Å². The first-order valence-electron chi connectivity index (χ1n) is 12.9. The zero-order valence-corrected chi connectivity index (χ0v) is 21.1. The third-order valence-electron chi connectivity index (χ3n) is 8.99. The van der Waals surface area contributed by atoms with Crippen LogP contribution in [-0.2, 0) is 10.2 Å². The Morgan fingerprint density at radius 3 is 2.06 bits per heavy atom. The van der Waals surface area contributed by atoms with Crippen LogP contribution < -0.4 is 9.47 Å². The van der Waals surface area contributed by atoms with Gasteiger partial charge in [-0.05, 0) is 115 Å². The lowest BCUT2D eigenvalue weighted by atomic mass is 9.48. The molecule has 0 atom stereocenters. The Kier molecular flexibility index (Phi) is 5.36. The molecule has 7 rings (SSSR count). The van der Waals surface area contributed by atoms with Crippen molar-refractivity contribution in [2.75, 3.05) is 7.11 Å². The summed E-state index contributed by atoms with van der Waals surface area (Å²) in [4.78, 5) is 23.6. The van der Waals surface area contributed by atoms with Gasteiger partial charge in [0, 0.05) is 17.9 Å². The van der Waals surface area contributed by atoms with Gasteiger partial charge >= 0.3 is 11.9 Å². The smallest absolute Gasteiger partial charge is 0.336 e. The molecule has 5 nitrogen and oxygen atoms in total. The van der Waals surface area contributed by atoms with Crippen molar-refractivity contribution in [3.05, 3.63) is 59.2 Å². The summed E-state index contributed by atoms with van der Waals surface area (Å²) in [6.07, 6.45) is 7.94. The summed E-state index contributed by atoms with van der Waals surface area (Å²) in [5.74, 6) is 2.24. The maximum atomic E-state index is 11.8. The van der Waals surface area contributed by atoms with Crippen LogP contribution in [0.2, 0.25) is 0 Å². The van der Waals surface area contributed by atoms with Gasteiger partial charge in [0.2, 0.25) is 0 Å². The Bertz CT molecular complexity index is 1370. The number of rotatable bonds is 5. The number of aryl methyl sites for hydroxylation is 1. The fourth-order valence-electron chi connectivity index (χ4n) is 7.92. The fraction of sp³-hybridized carbons (Fsp3) is 0.419. The molecule has 4 fully saturated rings. The molecule has 4 aliphatic rings. The van der Waals surface area contributed by atoms with E-state index >= 15 is 0 Å². The van der Waals surface area contributed by atoms with E-state index < -0.39 is 11.9 Å². The first kappa shape index (κ1) is 23.1. The molecule has 0 aromatic heterocycles. The molecule has 1 N–H and O–H groups in total. The van der Waals surface area contributed by atoms with E-state index in [1.165, 1.54) is 57.1 Å². The van der Waals surface area contributed by atoms with Crippen molar-refractivity contribution in [2.45, 2.75) is 57.8 Å². The number of esters is 1. The zero-order valence-electron chi connectivity index (χ0n) is 21.1. The molecule has 0 spiro atoms. The fourth-order valence-corrected chi connectivity index (χ4v) is 7.92. The molecule has 3 aromatic rings. The normalized spacial score (nSPS) is 26.2. The van der Waals surface area contributed by atoms with Gasteiger partial charge in [0.1, 0.15) is 11.5 Å². The summed E-state index contributed by atoms with van der Waals surface area (Å²) in [7, 11) is 1.77. The summed E-state index contributed by atoms with van der Waals surface area (Å²) >= 11 is 0. The molecule has 4 aliphatic carbocycles. The number of methoxy groups -OCH3 is 1. The van der Waals surface area contributed by atoms with Gasteiger partial charge in [-0.3, -0.25) is 4.79 Å². The minimum absolute atomic E-state index is 0.139. The van der Waals surface area contributed by atoms with Gasteiger partial charge in [-0.15, -0.1) is 0 Å². The number of carbonyl (C=O) groups excluding carboxylic acids is 1. The molecule has 0 aliphatic heterocycles. The summed E-state index contributed by atoms with van der Waals surface area (Å²) < 4.78 is 11.4. The zero-order chi connectivity index (χ0) is 25.2. The topological polar surface area (TPSA) is 72.8 Å². The number of hydrogen-bond donors (Lipinski definition) is 1. The molecule has 36 heavy (non-hydrogen) atoms. The molecular weight excluding hydrogens is 452 g/mol. The molecule has 3 aromatic carbocycles. The van der Waals surface area contributed by atoms with Crippen molar-refractivity contribution in [2.24, 2.45) is 17.8 Å². The number of fused-ring (bicyclic) bond motifs is 1. The quantitative estimate of drug-likeness (QED) is 0.314. The molecule has 5 heteroatoms. The first-order valence-corrected chi connectivity index (χ1v) is 12.9. The van der Waals surface area contributed by atoms with E-state index in [0.717, 1.165) is 45.4 Å². The number of carbonyl (C=O) groups is 2. The number of ether oxygens (including phenoxy) is 2. The van der Waals surface area contributed by atoms with Crippen LogP contribution >= 0.6 is 0 Å². The van der Waals surface area contributed by atoms with E-state index in [-0.39, 0.29) is 16.7 Å². The van der Waals surface area contributed by atoms with E-state index in [0.29, 0.717) is 5.56 Å². The predicted molar refractivity (Wildman–Crippen MR) is 139 cm³/mol. The second-order valence-electron chi connectivity index (χ2n) is 11.3. The minimum atomic E-state index is -1.04. The van der Waals surface area contributed by atoms with Crippen molar-refractivity contribution in [1.29, 1.82) is 0 Å². The Balaban J connectivity index is 1.48. The summed E-state index contributed by atoms with van der Waals surface area (Å²) in [5, 5.41) is 11.2. The highest BCUT2D eigenvalue weighted by atomic mass is 16.5. The summed E-state index contributed by atoms with van der Waals surface area (Å²) in [6.45, 7) is 3.12. The van der Waals surface area contributed by atoms with E-state index in [1.54, 1.807) is 14.0 Å². The van der Waals surface area contributed by atoms with Crippen LogP contribution in [0, 0.1) is 24.7 Å². The number of aromatic carboxylic acids is 1. The van der Waals surface area contributed by atoms with Crippen LogP contribution in [0.5, 0.6) is 11.5 Å². The third kappa shape index (κ3) is 3.68. The largest absolute Gasteiger partial charge is 0.496 e. The molecule has 0 unspecified atom stereocenters. The lowest BCUT2D eigenvalue weighted by Crippen LogP contribution is -2.48. The number of hydrogen-bond acceptors (Lipinski definition) is 4. The number of benzene rings is 3. The Labute approximate surface area is 211 Å². The van der Waals surface area contributed by atoms with Crippen molar-refractivity contribution in [3.63, 3.8) is 0 Å². The highest BCUT2D eigenvalue weighted by Gasteiger charge is 2.52. The van der Waals surface area contributed by atoms with E-state index in [9.17, 15) is 14.7 Å². The Hall–Kier alpha value is -3.34. The van der Waals surface area contributed by atoms with Gasteiger partial charge in [0.05, 0.1) is 12.7 Å². The molecular formula is C31H32O5. The molecule has 4 saturated carbocycles. The van der Waals surface area contributed by atoms with Crippen molar-refractivity contribution in [3.8, 4) is 22.6 Å². The molecule has 0 heterocycles. The van der Waals surface area contributed by atoms with Gasteiger partial charge < -0.3 is 14.6 Å². The lowest BCUT2D eigenvalue weighted by molar-refractivity contribution is -0.131. The second kappa shape index (κ2) is 8.36. The monoisotopic (exact) mass is 484 g/mol. The lowest BCUT2D eigenvalue weighted by Gasteiger charge is -2.57. The summed E-state index contributed by atoms with van der Waals surface area (Å²) in [6, 6.07) is 13.9. The van der Waals surface area contributed by atoms with E-state index in [4.69, 9.17) is 9.47 Å². The molecule has 0 amide bonds. The highest BCUT2D eigenvalue weighted by molar-refractivity contribution is 6.02. The minimum Gasteiger partial charge on any atom is -0.496 e. The maximum absolute atomic E-state index is 11.8. The van der Waals surface area contributed by atoms with Crippen LogP contribution in [-0.4, -0.2) is 24.2 Å². The average molecular weight is 485 g/mol. The summed E-state index contributed by atoms with van der Waals surface area (Å²) in [5.41, 5.74) is 4.43. The van der Waals surface area contributed by atoms with Crippen LogP contribution in [0.25, 0.3) is 21.9 Å². The maximum Gasteiger partial charge on any atom is 0.336 e. The van der Waals surface area contributed by atoms with Gasteiger partial charge in [-0.1, -0.05) is 18.2 Å². The van der Waals surface area contributed by atoms with Crippen LogP contribution in [0.4, 0.5) is 0 Å². The SMILES string of the molecule is COc1ccc(-c2ccc3c(C)c(C(=O)O)cc(OC(C)=O)c3c2)cc1C12CC3CC(CC(C3)C1)C2. The molecule has 4 bridgehead atoms. The second-order valence-corrected chi connectivity index (χ2v) is 11.3. The van der Waals surface area contributed by atoms with Gasteiger partial charge in [-0.2, -0.15) is 0 Å². The van der Waals surface area contributed by atoms with Gasteiger partial charge in [0.25, 0.3) is 0 Å². The molecule has 0 radical (unpaired) electrons. The molecule has 186 valence electrons. The van der Waals surface area contributed by atoms with Crippen molar-refractivity contribution >= 4 is 22.7 Å². The first-order chi connectivity index (χ1) is 17.3. The predicted octanol–water partition coefficient (Wildman–Crippen LogP) is 6.92. The van der Waals surface area contributed by atoms with Crippen LogP contribution in [0.15, 0.2) is 42.5 Å². The van der Waals surface area contributed by atoms with E-state index in [2.05, 4.69) is 18.2 Å². The van der Waals surface area contributed by atoms with E-state index in [1.807, 2.05) is 18.2 Å². The Morgan fingerprint density at radius 1 is 0.861 bits per heavy atom. The molecule has 0 saturated heterocycles.